The zero-order valence-corrected chi connectivity index (χ0v) is 31.2. The number of rotatable bonds is 19. The number of ether oxygens (including phenoxy) is 3. The fourth-order valence-electron chi connectivity index (χ4n) is 6.31. The standard InChI is InChI=1S/C39H55N5O8/c1-26(30(17-20-34(40)45)41-37(48)52-39(2,3)4)51-25-29-14-12-27(13-15-29)10-7-6-8-22-50-23-9-11-28-16-18-31-33(24-28)43(5)38(49)44(31)32-19-21-35(46)42-36(32)47/h12-16,18,24,26,30,32H,6-11,17,19-23,25H2,1-5H3,(H2,40,45)(H,41,48)(H,42,46,47). The number of amides is 4. The van der Waals surface area contributed by atoms with Gasteiger partial charge < -0.3 is 25.3 Å². The van der Waals surface area contributed by atoms with E-state index in [0.717, 1.165) is 55.2 Å². The number of alkyl carbamates (subject to hydrolysis) is 1. The van der Waals surface area contributed by atoms with Gasteiger partial charge in [-0.1, -0.05) is 36.8 Å². The normalized spacial score (nSPS) is 16.1. The Hall–Kier alpha value is -4.49. The second-order valence-corrected chi connectivity index (χ2v) is 14.6. The van der Waals surface area contributed by atoms with Gasteiger partial charge in [0.1, 0.15) is 11.6 Å². The van der Waals surface area contributed by atoms with Crippen molar-refractivity contribution in [3.8, 4) is 0 Å². The third-order valence-electron chi connectivity index (χ3n) is 9.19. The molecule has 1 aliphatic heterocycles. The Labute approximate surface area is 305 Å². The smallest absolute Gasteiger partial charge is 0.407 e. The van der Waals surface area contributed by atoms with E-state index in [1.165, 1.54) is 10.1 Å². The lowest BCUT2D eigenvalue weighted by Crippen LogP contribution is -2.45. The monoisotopic (exact) mass is 721 g/mol. The first-order valence-corrected chi connectivity index (χ1v) is 18.3. The van der Waals surface area contributed by atoms with E-state index in [9.17, 15) is 24.0 Å². The number of nitrogens with zero attached hydrogens (tertiary/aromatic N) is 2. The van der Waals surface area contributed by atoms with Crippen LogP contribution >= 0.6 is 0 Å². The first-order valence-electron chi connectivity index (χ1n) is 18.3. The van der Waals surface area contributed by atoms with Crippen molar-refractivity contribution >= 4 is 34.8 Å². The van der Waals surface area contributed by atoms with Crippen LogP contribution in [-0.4, -0.2) is 63.9 Å². The fourth-order valence-corrected chi connectivity index (χ4v) is 6.31. The van der Waals surface area contributed by atoms with Crippen molar-refractivity contribution < 1.29 is 33.4 Å². The molecule has 1 saturated heterocycles. The second-order valence-electron chi connectivity index (χ2n) is 14.6. The van der Waals surface area contributed by atoms with Crippen LogP contribution in [0.15, 0.2) is 47.3 Å². The fraction of sp³-hybridized carbons (Fsp3) is 0.564. The average Bonchev–Trinajstić information content (AvgIpc) is 3.32. The molecule has 3 aromatic rings. The number of nitrogens with two attached hydrogens (primary N) is 1. The Morgan fingerprint density at radius 3 is 2.31 bits per heavy atom. The van der Waals surface area contributed by atoms with E-state index in [1.807, 2.05) is 25.1 Å². The molecule has 4 amide bonds. The molecule has 0 aliphatic carbocycles. The number of primary amides is 1. The number of benzene rings is 2. The third kappa shape index (κ3) is 12.0. The molecule has 4 N–H and O–H groups in total. The lowest BCUT2D eigenvalue weighted by atomic mass is 10.0. The highest BCUT2D eigenvalue weighted by Crippen LogP contribution is 2.24. The molecule has 1 fully saturated rings. The largest absolute Gasteiger partial charge is 0.444 e. The highest BCUT2D eigenvalue weighted by Gasteiger charge is 2.31. The lowest BCUT2D eigenvalue weighted by Gasteiger charge is -2.27. The molecule has 0 saturated carbocycles. The minimum absolute atomic E-state index is 0.130. The van der Waals surface area contributed by atoms with Crippen molar-refractivity contribution in [3.05, 3.63) is 69.6 Å². The van der Waals surface area contributed by atoms with Crippen molar-refractivity contribution in [3.63, 3.8) is 0 Å². The van der Waals surface area contributed by atoms with E-state index >= 15 is 0 Å². The van der Waals surface area contributed by atoms with Crippen molar-refractivity contribution in [1.82, 2.24) is 19.8 Å². The summed E-state index contributed by atoms with van der Waals surface area (Å²) in [5.41, 5.74) is 9.26. The van der Waals surface area contributed by atoms with E-state index in [1.54, 1.807) is 32.4 Å². The van der Waals surface area contributed by atoms with Gasteiger partial charge in [0.05, 0.1) is 29.8 Å². The van der Waals surface area contributed by atoms with E-state index in [2.05, 4.69) is 34.9 Å². The number of carbonyl (C=O) groups is 4. The number of hydrogen-bond donors (Lipinski definition) is 3. The molecule has 0 spiro atoms. The highest BCUT2D eigenvalue weighted by molar-refractivity contribution is 6.00. The number of unbranched alkanes of at least 4 members (excludes halogenated alkanes) is 2. The number of imidazole rings is 1. The molecule has 0 radical (unpaired) electrons. The lowest BCUT2D eigenvalue weighted by molar-refractivity contribution is -0.135. The summed E-state index contributed by atoms with van der Waals surface area (Å²) in [6.07, 6.45) is 5.85. The number of carbonyl (C=O) groups excluding carboxylic acids is 4. The van der Waals surface area contributed by atoms with Crippen LogP contribution in [0.25, 0.3) is 11.0 Å². The number of aromatic nitrogens is 2. The Kier molecular flexibility index (Phi) is 14.6. The zero-order chi connectivity index (χ0) is 37.8. The van der Waals surface area contributed by atoms with E-state index < -0.39 is 35.6 Å². The molecule has 13 nitrogen and oxygen atoms in total. The van der Waals surface area contributed by atoms with Crippen LogP contribution in [0.3, 0.4) is 0 Å². The summed E-state index contributed by atoms with van der Waals surface area (Å²) in [6.45, 7) is 8.96. The predicted molar refractivity (Wildman–Crippen MR) is 198 cm³/mol. The zero-order valence-electron chi connectivity index (χ0n) is 31.2. The SMILES string of the molecule is CC(OCc1ccc(CCCCCOCCCc2ccc3c(c2)n(C)c(=O)n3C2CCC(=O)NC2=O)cc1)C(CCC(N)=O)NC(=O)OC(C)(C)C. The molecule has 2 aromatic carbocycles. The van der Waals surface area contributed by atoms with Gasteiger partial charge in [0.2, 0.25) is 17.7 Å². The summed E-state index contributed by atoms with van der Waals surface area (Å²) in [5, 5.41) is 5.16. The van der Waals surface area contributed by atoms with Crippen molar-refractivity contribution in [2.45, 2.75) is 122 Å². The van der Waals surface area contributed by atoms with Gasteiger partial charge >= 0.3 is 11.8 Å². The van der Waals surface area contributed by atoms with Gasteiger partial charge in [-0.25, -0.2) is 9.59 Å². The number of imide groups is 1. The van der Waals surface area contributed by atoms with Gasteiger partial charge in [-0.3, -0.25) is 28.8 Å². The van der Waals surface area contributed by atoms with E-state index in [4.69, 9.17) is 19.9 Å². The summed E-state index contributed by atoms with van der Waals surface area (Å²) in [5.74, 6) is -1.18. The third-order valence-corrected chi connectivity index (χ3v) is 9.19. The van der Waals surface area contributed by atoms with E-state index in [-0.39, 0.29) is 30.5 Å². The highest BCUT2D eigenvalue weighted by atomic mass is 16.6. The minimum atomic E-state index is -0.687. The number of hydrogen-bond acceptors (Lipinski definition) is 8. The van der Waals surface area contributed by atoms with Crippen LogP contribution in [0.1, 0.15) is 102 Å². The van der Waals surface area contributed by atoms with Crippen molar-refractivity contribution in [2.24, 2.45) is 12.8 Å². The molecule has 2 heterocycles. The van der Waals surface area contributed by atoms with Gasteiger partial charge in [-0.2, -0.15) is 0 Å². The Balaban J connectivity index is 1.11. The number of fused-ring (bicyclic) bond motifs is 1. The Morgan fingerprint density at radius 2 is 1.62 bits per heavy atom. The number of aryl methyl sites for hydroxylation is 3. The van der Waals surface area contributed by atoms with E-state index in [0.29, 0.717) is 38.2 Å². The van der Waals surface area contributed by atoms with Crippen LogP contribution < -0.4 is 22.1 Å². The van der Waals surface area contributed by atoms with Crippen LogP contribution in [-0.2, 0) is 55.1 Å². The summed E-state index contributed by atoms with van der Waals surface area (Å²) < 4.78 is 20.4. The predicted octanol–water partition coefficient (Wildman–Crippen LogP) is 4.74. The summed E-state index contributed by atoms with van der Waals surface area (Å²) in [6, 6.07) is 13.1. The molecule has 0 bridgehead atoms. The van der Waals surface area contributed by atoms with Crippen LogP contribution in [0.2, 0.25) is 0 Å². The Bertz CT molecular complexity index is 1740. The topological polar surface area (TPSA) is 173 Å². The second kappa shape index (κ2) is 18.8. The molecule has 3 unspecified atom stereocenters. The first kappa shape index (κ1) is 40.3. The number of piperidine rings is 1. The van der Waals surface area contributed by atoms with Crippen LogP contribution in [0, 0.1) is 0 Å². The summed E-state index contributed by atoms with van der Waals surface area (Å²) in [4.78, 5) is 60.7. The summed E-state index contributed by atoms with van der Waals surface area (Å²) >= 11 is 0. The minimum Gasteiger partial charge on any atom is -0.444 e. The molecular formula is C39H55N5O8. The Morgan fingerprint density at radius 1 is 0.942 bits per heavy atom. The molecule has 3 atom stereocenters. The molecule has 284 valence electrons. The van der Waals surface area contributed by atoms with Gasteiger partial charge in [-0.05, 0) is 101 Å². The van der Waals surface area contributed by atoms with Crippen molar-refractivity contribution in [1.29, 1.82) is 0 Å². The molecule has 4 rings (SSSR count). The molecule has 52 heavy (non-hydrogen) atoms. The van der Waals surface area contributed by atoms with Gasteiger partial charge in [0.25, 0.3) is 0 Å². The maximum absolute atomic E-state index is 13.0. The average molecular weight is 722 g/mol. The first-order chi connectivity index (χ1) is 24.7. The molecule has 1 aliphatic rings. The van der Waals surface area contributed by atoms with Crippen LogP contribution in [0.4, 0.5) is 4.79 Å². The quantitative estimate of drug-likeness (QED) is 0.118. The molecule has 13 heteroatoms. The molecular weight excluding hydrogens is 666 g/mol. The van der Waals surface area contributed by atoms with Gasteiger partial charge in [0.15, 0.2) is 0 Å². The van der Waals surface area contributed by atoms with Gasteiger partial charge in [0, 0.05) is 33.1 Å². The maximum Gasteiger partial charge on any atom is 0.407 e. The summed E-state index contributed by atoms with van der Waals surface area (Å²) in [7, 11) is 1.70. The van der Waals surface area contributed by atoms with Gasteiger partial charge in [-0.15, -0.1) is 0 Å². The van der Waals surface area contributed by atoms with Crippen molar-refractivity contribution in [2.75, 3.05) is 13.2 Å². The number of nitrogens with one attached hydrogen (secondary N) is 2. The molecule has 1 aromatic heterocycles. The van der Waals surface area contributed by atoms with Crippen LogP contribution in [0.5, 0.6) is 0 Å². The maximum atomic E-state index is 13.0.